The summed E-state index contributed by atoms with van der Waals surface area (Å²) in [5, 5.41) is 17.2. The van der Waals surface area contributed by atoms with E-state index in [4.69, 9.17) is 38.6 Å². The average molecular weight is 380 g/mol. The smallest absolute Gasteiger partial charge is 0.0704 e. The van der Waals surface area contributed by atoms with Gasteiger partial charge in [0.25, 0.3) is 0 Å². The molecule has 8 nitrogen and oxygen atoms in total. The Morgan fingerprint density at radius 3 is 1.35 bits per heavy atom. The summed E-state index contributed by atoms with van der Waals surface area (Å²) in [4.78, 5) is 0. The molecule has 1 aliphatic rings. The summed E-state index contributed by atoms with van der Waals surface area (Å²) in [5.74, 6) is 0. The number of aliphatic hydroxyl groups excluding tert-OH is 2. The van der Waals surface area contributed by atoms with Gasteiger partial charge in [0.2, 0.25) is 0 Å². The Bertz CT molecular complexity index is 266. The minimum atomic E-state index is 0.0409. The lowest BCUT2D eigenvalue weighted by molar-refractivity contribution is -0.0714. The molecule has 0 amide bonds. The van der Waals surface area contributed by atoms with Gasteiger partial charge >= 0.3 is 0 Å². The molecule has 0 aromatic rings. The topological polar surface area (TPSA) is 95.8 Å². The maximum absolute atomic E-state index is 8.58. The predicted octanol–water partition coefficient (Wildman–Crippen LogP) is 0.382. The molecule has 1 fully saturated rings. The quantitative estimate of drug-likeness (QED) is 0.330. The first-order valence-corrected chi connectivity index (χ1v) is 9.62. The summed E-state index contributed by atoms with van der Waals surface area (Å²) >= 11 is 0. The van der Waals surface area contributed by atoms with Gasteiger partial charge in [-0.3, -0.25) is 0 Å². The normalized spacial score (nSPS) is 20.5. The van der Waals surface area contributed by atoms with Gasteiger partial charge in [-0.1, -0.05) is 0 Å². The van der Waals surface area contributed by atoms with Gasteiger partial charge < -0.3 is 38.6 Å². The monoisotopic (exact) mass is 380 g/mol. The van der Waals surface area contributed by atoms with Crippen molar-refractivity contribution in [2.75, 3.05) is 79.3 Å². The van der Waals surface area contributed by atoms with E-state index in [1.807, 2.05) is 0 Å². The molecule has 0 aromatic heterocycles. The number of aliphatic hydroxyl groups is 2. The van der Waals surface area contributed by atoms with Crippen LogP contribution in [-0.2, 0) is 28.4 Å². The average Bonchev–Trinajstić information content (AvgIpc) is 2.66. The molecule has 1 saturated carbocycles. The molecule has 8 heteroatoms. The van der Waals surface area contributed by atoms with Crippen LogP contribution < -0.4 is 0 Å². The van der Waals surface area contributed by atoms with Crippen molar-refractivity contribution >= 4 is 0 Å². The second-order valence-corrected chi connectivity index (χ2v) is 6.05. The van der Waals surface area contributed by atoms with Crippen molar-refractivity contribution in [2.24, 2.45) is 0 Å². The summed E-state index contributed by atoms with van der Waals surface area (Å²) in [6, 6.07) is 0. The van der Waals surface area contributed by atoms with Crippen LogP contribution >= 0.6 is 0 Å². The molecule has 0 bridgehead atoms. The van der Waals surface area contributed by atoms with E-state index in [1.165, 1.54) is 0 Å². The van der Waals surface area contributed by atoms with Gasteiger partial charge in [0, 0.05) is 0 Å². The highest BCUT2D eigenvalue weighted by atomic mass is 16.6. The molecule has 1 rings (SSSR count). The van der Waals surface area contributed by atoms with Gasteiger partial charge in [-0.05, 0) is 25.7 Å². The molecular weight excluding hydrogens is 344 g/mol. The number of rotatable bonds is 18. The standard InChI is InChI=1S/C18H36O8/c19-4-6-21-8-10-23-12-14-25-17-2-1-3-18(16-17)26-15-13-24-11-9-22-7-5-20/h17-20H,1-16H2. The van der Waals surface area contributed by atoms with Crippen LogP contribution in [-0.4, -0.2) is 102 Å². The Labute approximate surface area is 156 Å². The van der Waals surface area contributed by atoms with E-state index in [1.54, 1.807) is 0 Å². The van der Waals surface area contributed by atoms with Crippen LogP contribution in [0.5, 0.6) is 0 Å². The Morgan fingerprint density at radius 2 is 0.923 bits per heavy atom. The molecule has 2 atom stereocenters. The third kappa shape index (κ3) is 13.8. The van der Waals surface area contributed by atoms with Crippen LogP contribution in [0.4, 0.5) is 0 Å². The molecule has 0 saturated heterocycles. The van der Waals surface area contributed by atoms with Crippen molar-refractivity contribution in [3.05, 3.63) is 0 Å². The summed E-state index contributed by atoms with van der Waals surface area (Å²) in [7, 11) is 0. The van der Waals surface area contributed by atoms with Gasteiger partial charge in [0.15, 0.2) is 0 Å². The Kier molecular flexibility index (Phi) is 16.5. The van der Waals surface area contributed by atoms with Gasteiger partial charge in [-0.15, -0.1) is 0 Å². The molecule has 0 heterocycles. The molecule has 26 heavy (non-hydrogen) atoms. The Morgan fingerprint density at radius 1 is 0.538 bits per heavy atom. The van der Waals surface area contributed by atoms with Crippen molar-refractivity contribution in [1.29, 1.82) is 0 Å². The second-order valence-electron chi connectivity index (χ2n) is 6.05. The first kappa shape index (κ1) is 23.7. The highest BCUT2D eigenvalue weighted by Gasteiger charge is 2.22. The number of ether oxygens (including phenoxy) is 6. The zero-order valence-corrected chi connectivity index (χ0v) is 15.8. The van der Waals surface area contributed by atoms with E-state index in [0.29, 0.717) is 66.1 Å². The van der Waals surface area contributed by atoms with E-state index in [9.17, 15) is 0 Å². The van der Waals surface area contributed by atoms with E-state index in [-0.39, 0.29) is 25.4 Å². The van der Waals surface area contributed by atoms with Crippen molar-refractivity contribution in [1.82, 2.24) is 0 Å². The lowest BCUT2D eigenvalue weighted by Crippen LogP contribution is -2.30. The SMILES string of the molecule is OCCOCCOCCOC1CCCC(OCCOCCOCCO)C1. The zero-order valence-electron chi connectivity index (χ0n) is 15.8. The first-order valence-electron chi connectivity index (χ1n) is 9.62. The third-order valence-corrected chi connectivity index (χ3v) is 3.96. The van der Waals surface area contributed by atoms with Crippen molar-refractivity contribution < 1.29 is 38.6 Å². The highest BCUT2D eigenvalue weighted by Crippen LogP contribution is 2.23. The Hall–Kier alpha value is -0.320. The van der Waals surface area contributed by atoms with Crippen LogP contribution in [0.1, 0.15) is 25.7 Å². The second kappa shape index (κ2) is 18.1. The minimum absolute atomic E-state index is 0.0409. The summed E-state index contributed by atoms with van der Waals surface area (Å²) in [5.41, 5.74) is 0. The first-order chi connectivity index (χ1) is 12.9. The van der Waals surface area contributed by atoms with Crippen LogP contribution in [0.2, 0.25) is 0 Å². The van der Waals surface area contributed by atoms with Gasteiger partial charge in [0.1, 0.15) is 0 Å². The van der Waals surface area contributed by atoms with Gasteiger partial charge in [0.05, 0.1) is 91.5 Å². The van der Waals surface area contributed by atoms with Crippen LogP contribution in [0, 0.1) is 0 Å². The summed E-state index contributed by atoms with van der Waals surface area (Å²) in [6.07, 6.45) is 4.63. The maximum Gasteiger partial charge on any atom is 0.0704 e. The minimum Gasteiger partial charge on any atom is -0.394 e. The summed E-state index contributed by atoms with van der Waals surface area (Å²) in [6.45, 7) is 5.08. The molecule has 0 spiro atoms. The van der Waals surface area contributed by atoms with E-state index in [2.05, 4.69) is 0 Å². The number of hydrogen-bond donors (Lipinski definition) is 2. The van der Waals surface area contributed by atoms with E-state index in [0.717, 1.165) is 25.7 Å². The third-order valence-electron chi connectivity index (χ3n) is 3.96. The highest BCUT2D eigenvalue weighted by molar-refractivity contribution is 4.73. The van der Waals surface area contributed by atoms with Crippen LogP contribution in [0.3, 0.4) is 0 Å². The largest absolute Gasteiger partial charge is 0.394 e. The van der Waals surface area contributed by atoms with Crippen molar-refractivity contribution in [2.45, 2.75) is 37.9 Å². The molecule has 0 aliphatic heterocycles. The molecular formula is C18H36O8. The number of hydrogen-bond acceptors (Lipinski definition) is 8. The van der Waals surface area contributed by atoms with Crippen molar-refractivity contribution in [3.63, 3.8) is 0 Å². The fourth-order valence-corrected chi connectivity index (χ4v) is 2.73. The fraction of sp³-hybridized carbons (Fsp3) is 1.00. The van der Waals surface area contributed by atoms with Gasteiger partial charge in [-0.25, -0.2) is 0 Å². The van der Waals surface area contributed by atoms with Gasteiger partial charge in [-0.2, -0.15) is 0 Å². The van der Waals surface area contributed by atoms with Crippen LogP contribution in [0.15, 0.2) is 0 Å². The molecule has 1 aliphatic carbocycles. The van der Waals surface area contributed by atoms with E-state index >= 15 is 0 Å². The predicted molar refractivity (Wildman–Crippen MR) is 95.4 cm³/mol. The van der Waals surface area contributed by atoms with E-state index < -0.39 is 0 Å². The lowest BCUT2D eigenvalue weighted by atomic mass is 9.95. The fourth-order valence-electron chi connectivity index (χ4n) is 2.73. The van der Waals surface area contributed by atoms with Crippen LogP contribution in [0.25, 0.3) is 0 Å². The van der Waals surface area contributed by atoms with Crippen molar-refractivity contribution in [3.8, 4) is 0 Å². The maximum atomic E-state index is 8.58. The Balaban J connectivity index is 1.91. The molecule has 2 unspecified atom stereocenters. The zero-order chi connectivity index (χ0) is 18.7. The summed E-state index contributed by atoms with van der Waals surface area (Å²) < 4.78 is 32.8. The molecule has 0 aromatic carbocycles. The molecule has 156 valence electrons. The molecule has 0 radical (unpaired) electrons. The molecule has 2 N–H and O–H groups in total. The lowest BCUT2D eigenvalue weighted by Gasteiger charge is -2.29.